The third-order valence-corrected chi connectivity index (χ3v) is 4.95. The quantitative estimate of drug-likeness (QED) is 0.0991. The fourth-order valence-corrected chi connectivity index (χ4v) is 3.14. The maximum absolute atomic E-state index is 12.9. The van der Waals surface area contributed by atoms with Gasteiger partial charge < -0.3 is 24.4 Å². The van der Waals surface area contributed by atoms with Crippen LogP contribution in [0, 0.1) is 0 Å². The molecular formula is C25H40N2O8. The lowest BCUT2D eigenvalue weighted by atomic mass is 9.93. The number of hydrazine groups is 1. The zero-order chi connectivity index (χ0) is 26.5. The standard InChI is InChI=1S/C25H40N2O8/c1-6-7-8-9-10-11-21(30)33-14-15-34-22(31)25(5,27-26-23(32)35-24(2,3)4)17-18-12-13-19(28)20(29)16-18/h12-13,16,27-29H,6-11,14-15,17H2,1-5H3,(H,26,32). The lowest BCUT2D eigenvalue weighted by Gasteiger charge is -2.29. The minimum Gasteiger partial charge on any atom is -0.504 e. The van der Waals surface area contributed by atoms with Crippen molar-refractivity contribution < 1.29 is 38.8 Å². The largest absolute Gasteiger partial charge is 0.504 e. The van der Waals surface area contributed by atoms with Crippen molar-refractivity contribution in [1.82, 2.24) is 10.9 Å². The zero-order valence-corrected chi connectivity index (χ0v) is 21.4. The number of hydrogen-bond donors (Lipinski definition) is 4. The number of unbranched alkanes of at least 4 members (excludes halogenated alkanes) is 4. The van der Waals surface area contributed by atoms with Crippen LogP contribution in [0.4, 0.5) is 4.79 Å². The van der Waals surface area contributed by atoms with Crippen molar-refractivity contribution in [3.05, 3.63) is 23.8 Å². The molecule has 10 heteroatoms. The molecular weight excluding hydrogens is 456 g/mol. The van der Waals surface area contributed by atoms with E-state index >= 15 is 0 Å². The first-order chi connectivity index (χ1) is 16.4. The molecule has 0 heterocycles. The van der Waals surface area contributed by atoms with Gasteiger partial charge in [-0.05, 0) is 51.8 Å². The van der Waals surface area contributed by atoms with E-state index in [4.69, 9.17) is 14.2 Å². The van der Waals surface area contributed by atoms with E-state index in [0.717, 1.165) is 32.1 Å². The molecule has 0 spiro atoms. The van der Waals surface area contributed by atoms with Gasteiger partial charge in [0.2, 0.25) is 0 Å². The second kappa shape index (κ2) is 14.4. The minimum absolute atomic E-state index is 0.00693. The second-order valence-electron chi connectivity index (χ2n) is 9.60. The Labute approximate surface area is 207 Å². The molecule has 0 aliphatic heterocycles. The van der Waals surface area contributed by atoms with Gasteiger partial charge in [-0.15, -0.1) is 0 Å². The molecule has 0 aromatic heterocycles. The summed E-state index contributed by atoms with van der Waals surface area (Å²) in [5.74, 6) is -1.72. The van der Waals surface area contributed by atoms with E-state index in [1.54, 1.807) is 20.8 Å². The maximum atomic E-state index is 12.9. The molecule has 1 aromatic carbocycles. The molecule has 0 aliphatic carbocycles. The molecule has 35 heavy (non-hydrogen) atoms. The highest BCUT2D eigenvalue weighted by Crippen LogP contribution is 2.27. The molecule has 0 fully saturated rings. The summed E-state index contributed by atoms with van der Waals surface area (Å²) in [6, 6.07) is 4.12. The summed E-state index contributed by atoms with van der Waals surface area (Å²) in [6.07, 6.45) is 4.61. The topological polar surface area (TPSA) is 143 Å². The van der Waals surface area contributed by atoms with Crippen LogP contribution in [0.2, 0.25) is 0 Å². The predicted octanol–water partition coefficient (Wildman–Crippen LogP) is 3.88. The Bertz CT molecular complexity index is 837. The molecule has 1 amide bonds. The van der Waals surface area contributed by atoms with Gasteiger partial charge in [0.05, 0.1) is 0 Å². The Morgan fingerprint density at radius 2 is 1.57 bits per heavy atom. The van der Waals surface area contributed by atoms with Crippen LogP contribution in [0.3, 0.4) is 0 Å². The summed E-state index contributed by atoms with van der Waals surface area (Å²) < 4.78 is 15.6. The Morgan fingerprint density at radius 1 is 0.914 bits per heavy atom. The highest BCUT2D eigenvalue weighted by Gasteiger charge is 2.36. The third kappa shape index (κ3) is 12.3. The summed E-state index contributed by atoms with van der Waals surface area (Å²) in [5, 5.41) is 19.3. The summed E-state index contributed by atoms with van der Waals surface area (Å²) in [4.78, 5) is 36.8. The fourth-order valence-electron chi connectivity index (χ4n) is 3.14. The smallest absolute Gasteiger partial charge is 0.422 e. The van der Waals surface area contributed by atoms with Crippen LogP contribution < -0.4 is 10.9 Å². The highest BCUT2D eigenvalue weighted by atomic mass is 16.6. The van der Waals surface area contributed by atoms with Gasteiger partial charge in [0, 0.05) is 12.8 Å². The van der Waals surface area contributed by atoms with Crippen molar-refractivity contribution in [3.8, 4) is 11.5 Å². The summed E-state index contributed by atoms with van der Waals surface area (Å²) in [6.45, 7) is 8.47. The number of amides is 1. The monoisotopic (exact) mass is 496 g/mol. The van der Waals surface area contributed by atoms with Gasteiger partial charge in [0.1, 0.15) is 24.4 Å². The Morgan fingerprint density at radius 3 is 2.20 bits per heavy atom. The number of carbonyl (C=O) groups excluding carboxylic acids is 3. The van der Waals surface area contributed by atoms with Crippen molar-refractivity contribution in [2.75, 3.05) is 13.2 Å². The number of rotatable bonds is 14. The SMILES string of the molecule is CCCCCCCC(=O)OCCOC(=O)C(C)(Cc1ccc(O)c(O)c1)NNC(=O)OC(C)(C)C. The number of phenols is 2. The molecule has 198 valence electrons. The average molecular weight is 497 g/mol. The lowest BCUT2D eigenvalue weighted by molar-refractivity contribution is -0.157. The van der Waals surface area contributed by atoms with Crippen LogP contribution in [0.5, 0.6) is 11.5 Å². The van der Waals surface area contributed by atoms with E-state index in [-0.39, 0.29) is 37.1 Å². The van der Waals surface area contributed by atoms with Crippen LogP contribution in [-0.2, 0) is 30.2 Å². The van der Waals surface area contributed by atoms with Crippen LogP contribution in [0.15, 0.2) is 18.2 Å². The first-order valence-corrected chi connectivity index (χ1v) is 12.0. The van der Waals surface area contributed by atoms with Gasteiger partial charge in [0.25, 0.3) is 0 Å². The van der Waals surface area contributed by atoms with E-state index in [2.05, 4.69) is 17.8 Å². The van der Waals surface area contributed by atoms with Crippen molar-refractivity contribution in [1.29, 1.82) is 0 Å². The number of nitrogens with one attached hydrogen (secondary N) is 2. The molecule has 10 nitrogen and oxygen atoms in total. The molecule has 0 aliphatic rings. The molecule has 0 radical (unpaired) electrons. The summed E-state index contributed by atoms with van der Waals surface area (Å²) >= 11 is 0. The average Bonchev–Trinajstić information content (AvgIpc) is 2.76. The van der Waals surface area contributed by atoms with E-state index in [1.165, 1.54) is 25.1 Å². The third-order valence-electron chi connectivity index (χ3n) is 4.95. The molecule has 0 bridgehead atoms. The van der Waals surface area contributed by atoms with E-state index in [0.29, 0.717) is 12.0 Å². The molecule has 1 atom stereocenters. The number of ether oxygens (including phenoxy) is 3. The molecule has 4 N–H and O–H groups in total. The number of carbonyl (C=O) groups is 3. The number of benzene rings is 1. The van der Waals surface area contributed by atoms with Gasteiger partial charge in [0.15, 0.2) is 11.5 Å². The molecule has 1 aromatic rings. The van der Waals surface area contributed by atoms with Crippen molar-refractivity contribution in [3.63, 3.8) is 0 Å². The molecule has 0 saturated heterocycles. The van der Waals surface area contributed by atoms with Gasteiger partial charge in [-0.25, -0.2) is 15.0 Å². The number of hydrogen-bond acceptors (Lipinski definition) is 9. The Kier molecular flexibility index (Phi) is 12.4. The molecule has 1 rings (SSSR count). The molecule has 1 unspecified atom stereocenters. The van der Waals surface area contributed by atoms with Gasteiger partial charge in [-0.1, -0.05) is 38.7 Å². The van der Waals surface area contributed by atoms with Gasteiger partial charge in [-0.2, -0.15) is 0 Å². The van der Waals surface area contributed by atoms with Crippen LogP contribution in [0.25, 0.3) is 0 Å². The highest BCUT2D eigenvalue weighted by molar-refractivity contribution is 5.81. The normalized spacial score (nSPS) is 12.9. The first kappa shape index (κ1) is 30.0. The van der Waals surface area contributed by atoms with Crippen molar-refractivity contribution >= 4 is 18.0 Å². The lowest BCUT2D eigenvalue weighted by Crippen LogP contribution is -2.59. The Balaban J connectivity index is 2.68. The van der Waals surface area contributed by atoms with E-state index in [9.17, 15) is 24.6 Å². The number of esters is 2. The number of phenolic OH excluding ortho intramolecular Hbond substituents is 2. The predicted molar refractivity (Wildman–Crippen MR) is 130 cm³/mol. The van der Waals surface area contributed by atoms with Crippen LogP contribution >= 0.6 is 0 Å². The second-order valence-corrected chi connectivity index (χ2v) is 9.60. The van der Waals surface area contributed by atoms with Crippen molar-refractivity contribution in [2.45, 2.75) is 90.7 Å². The zero-order valence-electron chi connectivity index (χ0n) is 21.4. The summed E-state index contributed by atoms with van der Waals surface area (Å²) in [7, 11) is 0. The van der Waals surface area contributed by atoms with E-state index in [1.807, 2.05) is 0 Å². The fraction of sp³-hybridized carbons (Fsp3) is 0.640. The van der Waals surface area contributed by atoms with E-state index < -0.39 is 23.2 Å². The first-order valence-electron chi connectivity index (χ1n) is 12.0. The van der Waals surface area contributed by atoms with Crippen LogP contribution in [0.1, 0.15) is 78.7 Å². The van der Waals surface area contributed by atoms with Gasteiger partial charge >= 0.3 is 18.0 Å². The minimum atomic E-state index is -1.47. The summed E-state index contributed by atoms with van der Waals surface area (Å²) in [5.41, 5.74) is 3.27. The van der Waals surface area contributed by atoms with Crippen LogP contribution in [-0.4, -0.2) is 52.6 Å². The maximum Gasteiger partial charge on any atom is 0.422 e. The van der Waals surface area contributed by atoms with Crippen molar-refractivity contribution in [2.24, 2.45) is 0 Å². The Hall–Kier alpha value is -3.01. The molecule has 0 saturated carbocycles. The van der Waals surface area contributed by atoms with Gasteiger partial charge in [-0.3, -0.25) is 10.2 Å². The number of aromatic hydroxyl groups is 2.